The number of hydrogen-bond donors (Lipinski definition) is 2. The Balaban J connectivity index is 1.83. The molecule has 4 nitrogen and oxygen atoms in total. The predicted molar refractivity (Wildman–Crippen MR) is 48.9 cm³/mol. The van der Waals surface area contributed by atoms with Gasteiger partial charge < -0.3 is 15.4 Å². The molecule has 0 aromatic carbocycles. The van der Waals surface area contributed by atoms with Gasteiger partial charge in [-0.25, -0.2) is 4.79 Å². The SMILES string of the molecule is O=C(NC1CCOC1)NC1(C(F)(F)F)CC1. The lowest BCUT2D eigenvalue weighted by Gasteiger charge is -2.22. The lowest BCUT2D eigenvalue weighted by atomic mass is 10.2. The number of halogens is 3. The van der Waals surface area contributed by atoms with E-state index in [4.69, 9.17) is 4.74 Å². The number of amides is 2. The van der Waals surface area contributed by atoms with E-state index < -0.39 is 17.7 Å². The van der Waals surface area contributed by atoms with Crippen molar-refractivity contribution < 1.29 is 22.7 Å². The van der Waals surface area contributed by atoms with Gasteiger partial charge in [0.05, 0.1) is 12.6 Å². The van der Waals surface area contributed by atoms with E-state index in [1.54, 1.807) is 0 Å². The Kier molecular flexibility index (Phi) is 2.73. The molecule has 1 unspecified atom stereocenters. The fourth-order valence-electron chi connectivity index (χ4n) is 1.69. The third-order valence-corrected chi connectivity index (χ3v) is 2.91. The Morgan fingerprint density at radius 2 is 2.06 bits per heavy atom. The van der Waals surface area contributed by atoms with Crippen LogP contribution in [0.25, 0.3) is 0 Å². The van der Waals surface area contributed by atoms with Gasteiger partial charge >= 0.3 is 12.2 Å². The van der Waals surface area contributed by atoms with Crippen molar-refractivity contribution >= 4 is 6.03 Å². The van der Waals surface area contributed by atoms with Gasteiger partial charge in [-0.3, -0.25) is 0 Å². The lowest BCUT2D eigenvalue weighted by Crippen LogP contribution is -2.53. The summed E-state index contributed by atoms with van der Waals surface area (Å²) < 4.78 is 42.5. The zero-order chi connectivity index (χ0) is 11.8. The molecule has 2 rings (SSSR count). The molecule has 1 saturated carbocycles. The van der Waals surface area contributed by atoms with Crippen LogP contribution in [-0.4, -0.2) is 37.0 Å². The average molecular weight is 238 g/mol. The van der Waals surface area contributed by atoms with E-state index in [-0.39, 0.29) is 18.9 Å². The van der Waals surface area contributed by atoms with Crippen molar-refractivity contribution in [2.75, 3.05) is 13.2 Å². The molecule has 0 aromatic rings. The van der Waals surface area contributed by atoms with Crippen LogP contribution >= 0.6 is 0 Å². The first kappa shape index (κ1) is 11.5. The maximum absolute atomic E-state index is 12.5. The Morgan fingerprint density at radius 3 is 2.50 bits per heavy atom. The molecule has 0 aromatic heterocycles. The molecule has 1 aliphatic heterocycles. The predicted octanol–water partition coefficient (Wildman–Crippen LogP) is 1.17. The number of ether oxygens (including phenoxy) is 1. The van der Waals surface area contributed by atoms with E-state index in [1.165, 1.54) is 0 Å². The van der Waals surface area contributed by atoms with Gasteiger partial charge in [-0.2, -0.15) is 13.2 Å². The van der Waals surface area contributed by atoms with Crippen molar-refractivity contribution in [2.24, 2.45) is 0 Å². The molecule has 7 heteroatoms. The highest BCUT2D eigenvalue weighted by Crippen LogP contribution is 2.48. The maximum atomic E-state index is 12.5. The first-order chi connectivity index (χ1) is 7.43. The molecule has 16 heavy (non-hydrogen) atoms. The number of carbonyl (C=O) groups is 1. The van der Waals surface area contributed by atoms with Crippen LogP contribution in [-0.2, 0) is 4.74 Å². The topological polar surface area (TPSA) is 50.4 Å². The van der Waals surface area contributed by atoms with Crippen LogP contribution in [0.3, 0.4) is 0 Å². The van der Waals surface area contributed by atoms with Crippen molar-refractivity contribution in [3.05, 3.63) is 0 Å². The molecule has 0 spiro atoms. The van der Waals surface area contributed by atoms with E-state index in [2.05, 4.69) is 5.32 Å². The van der Waals surface area contributed by atoms with Crippen LogP contribution in [0.4, 0.5) is 18.0 Å². The second-order valence-corrected chi connectivity index (χ2v) is 4.24. The van der Waals surface area contributed by atoms with E-state index >= 15 is 0 Å². The maximum Gasteiger partial charge on any atom is 0.411 e. The Labute approximate surface area is 90.5 Å². The number of carbonyl (C=O) groups excluding carboxylic acids is 1. The molecule has 1 saturated heterocycles. The monoisotopic (exact) mass is 238 g/mol. The van der Waals surface area contributed by atoms with Crippen molar-refractivity contribution in [2.45, 2.75) is 37.0 Å². The number of urea groups is 1. The Bertz CT molecular complexity index is 283. The van der Waals surface area contributed by atoms with Crippen molar-refractivity contribution in [3.63, 3.8) is 0 Å². The third kappa shape index (κ3) is 2.23. The zero-order valence-corrected chi connectivity index (χ0v) is 8.56. The van der Waals surface area contributed by atoms with Gasteiger partial charge in [0.15, 0.2) is 0 Å². The summed E-state index contributed by atoms with van der Waals surface area (Å²) in [5.74, 6) is 0. The molecule has 1 atom stereocenters. The molecule has 92 valence electrons. The molecule has 2 fully saturated rings. The summed E-state index contributed by atoms with van der Waals surface area (Å²) in [4.78, 5) is 11.3. The molecular weight excluding hydrogens is 225 g/mol. The molecular formula is C9H13F3N2O2. The fraction of sp³-hybridized carbons (Fsp3) is 0.889. The highest BCUT2D eigenvalue weighted by molar-refractivity contribution is 5.75. The summed E-state index contributed by atoms with van der Waals surface area (Å²) in [5.41, 5.74) is -1.99. The zero-order valence-electron chi connectivity index (χ0n) is 8.56. The van der Waals surface area contributed by atoms with Crippen molar-refractivity contribution in [1.82, 2.24) is 10.6 Å². The van der Waals surface area contributed by atoms with Crippen LogP contribution in [0.5, 0.6) is 0 Å². The summed E-state index contributed by atoms with van der Waals surface area (Å²) in [5, 5.41) is 4.48. The van der Waals surface area contributed by atoms with E-state index in [1.807, 2.05) is 5.32 Å². The van der Waals surface area contributed by atoms with Gasteiger partial charge in [0.1, 0.15) is 5.54 Å². The van der Waals surface area contributed by atoms with Gasteiger partial charge in [0.25, 0.3) is 0 Å². The van der Waals surface area contributed by atoms with Crippen LogP contribution < -0.4 is 10.6 Å². The van der Waals surface area contributed by atoms with Gasteiger partial charge in [0.2, 0.25) is 0 Å². The van der Waals surface area contributed by atoms with Crippen LogP contribution in [0, 0.1) is 0 Å². The third-order valence-electron chi connectivity index (χ3n) is 2.91. The minimum Gasteiger partial charge on any atom is -0.379 e. The highest BCUT2D eigenvalue weighted by atomic mass is 19.4. The summed E-state index contributed by atoms with van der Waals surface area (Å²) in [6.07, 6.45) is -3.79. The Hall–Kier alpha value is -0.980. The molecule has 1 aliphatic carbocycles. The summed E-state index contributed by atoms with van der Waals surface area (Å²) >= 11 is 0. The molecule has 2 amide bonds. The number of alkyl halides is 3. The second-order valence-electron chi connectivity index (χ2n) is 4.24. The minimum absolute atomic E-state index is 0.0366. The molecule has 1 heterocycles. The normalized spacial score (nSPS) is 27.6. The van der Waals surface area contributed by atoms with Gasteiger partial charge in [-0.05, 0) is 19.3 Å². The second kappa shape index (κ2) is 3.80. The highest BCUT2D eigenvalue weighted by Gasteiger charge is 2.64. The standard InChI is InChI=1S/C9H13F3N2O2/c10-9(11,12)8(2-3-8)14-7(15)13-6-1-4-16-5-6/h6H,1-5H2,(H2,13,14,15). The van der Waals surface area contributed by atoms with Gasteiger partial charge in [-0.15, -0.1) is 0 Å². The smallest absolute Gasteiger partial charge is 0.379 e. The summed E-state index contributed by atoms with van der Waals surface area (Å²) in [7, 11) is 0. The van der Waals surface area contributed by atoms with Gasteiger partial charge in [0, 0.05) is 6.61 Å². The Morgan fingerprint density at radius 1 is 1.38 bits per heavy atom. The van der Waals surface area contributed by atoms with E-state index in [9.17, 15) is 18.0 Å². The van der Waals surface area contributed by atoms with Crippen LogP contribution in [0.15, 0.2) is 0 Å². The number of nitrogens with one attached hydrogen (secondary N) is 2. The quantitative estimate of drug-likeness (QED) is 0.758. The summed E-state index contributed by atoms with van der Waals surface area (Å²) in [6.45, 7) is 0.905. The first-order valence-electron chi connectivity index (χ1n) is 5.16. The van der Waals surface area contributed by atoms with Crippen LogP contribution in [0.2, 0.25) is 0 Å². The van der Waals surface area contributed by atoms with E-state index in [0.717, 1.165) is 0 Å². The molecule has 0 bridgehead atoms. The summed E-state index contributed by atoms with van der Waals surface area (Å²) in [6, 6.07) is -0.936. The lowest BCUT2D eigenvalue weighted by molar-refractivity contribution is -0.162. The first-order valence-corrected chi connectivity index (χ1v) is 5.16. The van der Waals surface area contributed by atoms with Gasteiger partial charge in [-0.1, -0.05) is 0 Å². The molecule has 0 radical (unpaired) electrons. The van der Waals surface area contributed by atoms with Crippen LogP contribution in [0.1, 0.15) is 19.3 Å². The average Bonchev–Trinajstić information content (AvgIpc) is 2.75. The largest absolute Gasteiger partial charge is 0.411 e. The number of rotatable bonds is 2. The number of hydrogen-bond acceptors (Lipinski definition) is 2. The van der Waals surface area contributed by atoms with E-state index in [0.29, 0.717) is 19.6 Å². The fourth-order valence-corrected chi connectivity index (χ4v) is 1.69. The minimum atomic E-state index is -4.36. The van der Waals surface area contributed by atoms with Crippen molar-refractivity contribution in [3.8, 4) is 0 Å². The van der Waals surface area contributed by atoms with Crippen molar-refractivity contribution in [1.29, 1.82) is 0 Å². The molecule has 2 N–H and O–H groups in total. The molecule has 2 aliphatic rings.